The number of methoxy groups -OCH3 is 1. The Hall–Kier alpha value is -0.120. The van der Waals surface area contributed by atoms with Crippen molar-refractivity contribution in [1.29, 1.82) is 0 Å². The zero-order valence-electron chi connectivity index (χ0n) is 5.81. The van der Waals surface area contributed by atoms with Gasteiger partial charge in [-0.3, -0.25) is 0 Å². The molecule has 1 aliphatic heterocycles. The summed E-state index contributed by atoms with van der Waals surface area (Å²) in [6.07, 6.45) is 0. The Bertz CT molecular complexity index is 68.7. The SMILES string of the molecule is COCC1CNCNC1. The molecule has 0 aromatic heterocycles. The highest BCUT2D eigenvalue weighted by Crippen LogP contribution is 1.95. The lowest BCUT2D eigenvalue weighted by Crippen LogP contribution is -2.45. The Kier molecular flexibility index (Phi) is 2.97. The van der Waals surface area contributed by atoms with Crippen molar-refractivity contribution in [3.05, 3.63) is 0 Å². The molecule has 0 radical (unpaired) electrons. The van der Waals surface area contributed by atoms with E-state index < -0.39 is 0 Å². The monoisotopic (exact) mass is 130 g/mol. The molecule has 0 aromatic rings. The van der Waals surface area contributed by atoms with Gasteiger partial charge in [0.05, 0.1) is 6.61 Å². The van der Waals surface area contributed by atoms with Crippen LogP contribution in [0.4, 0.5) is 0 Å². The minimum absolute atomic E-state index is 0.656. The molecular weight excluding hydrogens is 116 g/mol. The molecule has 0 aromatic carbocycles. The van der Waals surface area contributed by atoms with Crippen LogP contribution in [0.1, 0.15) is 0 Å². The summed E-state index contributed by atoms with van der Waals surface area (Å²) >= 11 is 0. The maximum absolute atomic E-state index is 5.00. The number of nitrogens with one attached hydrogen (secondary N) is 2. The van der Waals surface area contributed by atoms with E-state index in [1.807, 2.05) is 0 Å². The molecule has 1 aliphatic rings. The normalized spacial score (nSPS) is 22.3. The van der Waals surface area contributed by atoms with Crippen LogP contribution in [0.2, 0.25) is 0 Å². The third-order valence-corrected chi connectivity index (χ3v) is 1.52. The van der Waals surface area contributed by atoms with E-state index in [4.69, 9.17) is 4.74 Å². The fourth-order valence-corrected chi connectivity index (χ4v) is 1.07. The van der Waals surface area contributed by atoms with Crippen molar-refractivity contribution in [2.24, 2.45) is 5.92 Å². The van der Waals surface area contributed by atoms with Crippen molar-refractivity contribution >= 4 is 0 Å². The third kappa shape index (κ3) is 2.30. The van der Waals surface area contributed by atoms with E-state index >= 15 is 0 Å². The van der Waals surface area contributed by atoms with Gasteiger partial charge >= 0.3 is 0 Å². The van der Waals surface area contributed by atoms with Crippen LogP contribution < -0.4 is 10.6 Å². The first-order chi connectivity index (χ1) is 4.43. The molecule has 0 saturated carbocycles. The number of rotatable bonds is 2. The Morgan fingerprint density at radius 1 is 1.44 bits per heavy atom. The van der Waals surface area contributed by atoms with Crippen LogP contribution in [-0.2, 0) is 4.74 Å². The fraction of sp³-hybridized carbons (Fsp3) is 1.00. The molecule has 0 unspecified atom stereocenters. The molecule has 9 heavy (non-hydrogen) atoms. The Morgan fingerprint density at radius 2 is 2.11 bits per heavy atom. The predicted molar refractivity (Wildman–Crippen MR) is 36.2 cm³/mol. The average molecular weight is 130 g/mol. The van der Waals surface area contributed by atoms with Crippen molar-refractivity contribution in [3.8, 4) is 0 Å². The minimum Gasteiger partial charge on any atom is -0.384 e. The maximum Gasteiger partial charge on any atom is 0.0514 e. The highest BCUT2D eigenvalue weighted by atomic mass is 16.5. The summed E-state index contributed by atoms with van der Waals surface area (Å²) < 4.78 is 5.00. The molecule has 0 spiro atoms. The Balaban J connectivity index is 2.08. The topological polar surface area (TPSA) is 33.3 Å². The quantitative estimate of drug-likeness (QED) is 0.523. The van der Waals surface area contributed by atoms with E-state index in [-0.39, 0.29) is 0 Å². The first-order valence-electron chi connectivity index (χ1n) is 3.34. The minimum atomic E-state index is 0.656. The van der Waals surface area contributed by atoms with Gasteiger partial charge in [0, 0.05) is 32.8 Å². The summed E-state index contributed by atoms with van der Waals surface area (Å²) in [6, 6.07) is 0. The van der Waals surface area contributed by atoms with Crippen LogP contribution in [0, 0.1) is 5.92 Å². The number of hydrogen-bond donors (Lipinski definition) is 2. The number of hydrogen-bond acceptors (Lipinski definition) is 3. The van der Waals surface area contributed by atoms with Gasteiger partial charge in [-0.05, 0) is 0 Å². The van der Waals surface area contributed by atoms with E-state index in [0.29, 0.717) is 5.92 Å². The van der Waals surface area contributed by atoms with Gasteiger partial charge in [0.1, 0.15) is 0 Å². The largest absolute Gasteiger partial charge is 0.384 e. The van der Waals surface area contributed by atoms with Gasteiger partial charge in [-0.15, -0.1) is 0 Å². The van der Waals surface area contributed by atoms with Gasteiger partial charge in [0.2, 0.25) is 0 Å². The molecule has 1 heterocycles. The molecule has 54 valence electrons. The lowest BCUT2D eigenvalue weighted by Gasteiger charge is -2.22. The van der Waals surface area contributed by atoms with E-state index in [0.717, 1.165) is 26.4 Å². The van der Waals surface area contributed by atoms with Crippen LogP contribution in [0.25, 0.3) is 0 Å². The summed E-state index contributed by atoms with van der Waals surface area (Å²) in [5.74, 6) is 0.656. The highest BCUT2D eigenvalue weighted by Gasteiger charge is 2.10. The van der Waals surface area contributed by atoms with Gasteiger partial charge < -0.3 is 15.4 Å². The molecule has 2 N–H and O–H groups in total. The van der Waals surface area contributed by atoms with E-state index in [2.05, 4.69) is 10.6 Å². The molecule has 3 nitrogen and oxygen atoms in total. The first kappa shape index (κ1) is 6.99. The van der Waals surface area contributed by atoms with Gasteiger partial charge in [-0.2, -0.15) is 0 Å². The molecule has 0 amide bonds. The molecule has 1 rings (SSSR count). The van der Waals surface area contributed by atoms with Crippen LogP contribution in [0.5, 0.6) is 0 Å². The smallest absolute Gasteiger partial charge is 0.0514 e. The zero-order chi connectivity index (χ0) is 6.53. The van der Waals surface area contributed by atoms with Crippen molar-refractivity contribution < 1.29 is 4.74 Å². The molecule has 1 saturated heterocycles. The highest BCUT2D eigenvalue weighted by molar-refractivity contribution is 4.68. The summed E-state index contributed by atoms with van der Waals surface area (Å²) in [7, 11) is 1.74. The lowest BCUT2D eigenvalue weighted by atomic mass is 10.1. The average Bonchev–Trinajstić information content (AvgIpc) is 1.91. The van der Waals surface area contributed by atoms with Crippen molar-refractivity contribution in [1.82, 2.24) is 10.6 Å². The predicted octanol–water partition coefficient (Wildman–Crippen LogP) is -0.601. The summed E-state index contributed by atoms with van der Waals surface area (Å²) in [6.45, 7) is 3.97. The Morgan fingerprint density at radius 3 is 2.67 bits per heavy atom. The standard InChI is InChI=1S/C6H14N2O/c1-9-4-6-2-7-5-8-3-6/h6-8H,2-5H2,1H3. The summed E-state index contributed by atoms with van der Waals surface area (Å²) in [5.41, 5.74) is 0. The molecule has 0 atom stereocenters. The lowest BCUT2D eigenvalue weighted by molar-refractivity contribution is 0.141. The first-order valence-corrected chi connectivity index (χ1v) is 3.34. The second-order valence-corrected chi connectivity index (χ2v) is 2.41. The fourth-order valence-electron chi connectivity index (χ4n) is 1.07. The second kappa shape index (κ2) is 3.82. The van der Waals surface area contributed by atoms with Gasteiger partial charge in [-0.25, -0.2) is 0 Å². The van der Waals surface area contributed by atoms with Gasteiger partial charge in [0.25, 0.3) is 0 Å². The van der Waals surface area contributed by atoms with Crippen LogP contribution in [-0.4, -0.2) is 33.5 Å². The second-order valence-electron chi connectivity index (χ2n) is 2.41. The van der Waals surface area contributed by atoms with E-state index in [1.54, 1.807) is 7.11 Å². The van der Waals surface area contributed by atoms with E-state index in [9.17, 15) is 0 Å². The van der Waals surface area contributed by atoms with Crippen LogP contribution in [0.3, 0.4) is 0 Å². The van der Waals surface area contributed by atoms with Crippen LogP contribution in [0.15, 0.2) is 0 Å². The molecule has 0 aliphatic carbocycles. The molecule has 1 fully saturated rings. The van der Waals surface area contributed by atoms with Crippen molar-refractivity contribution in [2.45, 2.75) is 0 Å². The summed E-state index contributed by atoms with van der Waals surface area (Å²) in [5, 5.41) is 6.46. The summed E-state index contributed by atoms with van der Waals surface area (Å²) in [4.78, 5) is 0. The maximum atomic E-state index is 5.00. The molecule has 3 heteroatoms. The van der Waals surface area contributed by atoms with Gasteiger partial charge in [-0.1, -0.05) is 0 Å². The Labute approximate surface area is 55.8 Å². The van der Waals surface area contributed by atoms with Crippen molar-refractivity contribution in [3.63, 3.8) is 0 Å². The van der Waals surface area contributed by atoms with Gasteiger partial charge in [0.15, 0.2) is 0 Å². The van der Waals surface area contributed by atoms with Crippen LogP contribution >= 0.6 is 0 Å². The van der Waals surface area contributed by atoms with E-state index in [1.165, 1.54) is 0 Å². The van der Waals surface area contributed by atoms with Crippen molar-refractivity contribution in [2.75, 3.05) is 33.5 Å². The zero-order valence-corrected chi connectivity index (χ0v) is 5.81. The number of ether oxygens (including phenoxy) is 1. The third-order valence-electron chi connectivity index (χ3n) is 1.52. The molecular formula is C6H14N2O. The molecule has 0 bridgehead atoms.